The summed E-state index contributed by atoms with van der Waals surface area (Å²) in [6.07, 6.45) is 1.13. The highest BCUT2D eigenvalue weighted by molar-refractivity contribution is 7.86. The zero-order chi connectivity index (χ0) is 34.2. The lowest BCUT2D eigenvalue weighted by atomic mass is 9.81. The van der Waals surface area contributed by atoms with Crippen molar-refractivity contribution in [3.05, 3.63) is 102 Å². The minimum absolute atomic E-state index is 0.155. The normalized spacial score (nSPS) is 23.6. The van der Waals surface area contributed by atoms with Gasteiger partial charge in [0, 0.05) is 35.4 Å². The molecule has 2 aliphatic heterocycles. The largest absolute Gasteiger partial charge is 0.497 e. The number of halogens is 1. The van der Waals surface area contributed by atoms with Gasteiger partial charge in [-0.1, -0.05) is 48.0 Å². The molecular formula is C34H33ClN4O8S. The fourth-order valence-electron chi connectivity index (χ4n) is 6.90. The summed E-state index contributed by atoms with van der Waals surface area (Å²) >= 11 is 7.18. The van der Waals surface area contributed by atoms with Gasteiger partial charge in [-0.2, -0.15) is 12.3 Å². The van der Waals surface area contributed by atoms with Gasteiger partial charge in [0.2, 0.25) is 5.91 Å². The summed E-state index contributed by atoms with van der Waals surface area (Å²) < 4.78 is 45.6. The molecule has 250 valence electrons. The van der Waals surface area contributed by atoms with E-state index < -0.39 is 60.9 Å². The number of para-hydroxylation sites is 2. The molecule has 2 amide bonds. The summed E-state index contributed by atoms with van der Waals surface area (Å²) in [7, 11) is -2.39. The predicted octanol–water partition coefficient (Wildman–Crippen LogP) is 4.28. The molecule has 4 aromatic rings. The number of amides is 2. The van der Waals surface area contributed by atoms with E-state index in [0.717, 1.165) is 0 Å². The van der Waals surface area contributed by atoms with Crippen molar-refractivity contribution in [2.45, 2.75) is 35.3 Å². The molecule has 12 nitrogen and oxygen atoms in total. The Labute approximate surface area is 283 Å². The maximum Gasteiger partial charge on any atom is 0.337 e. The van der Waals surface area contributed by atoms with Crippen LogP contribution in [0.25, 0.3) is 0 Å². The van der Waals surface area contributed by atoms with Crippen molar-refractivity contribution in [3.8, 4) is 17.2 Å². The fraction of sp³-hybridized carbons (Fsp3) is 0.265. The number of fused-ring (bicyclic) bond motifs is 1. The lowest BCUT2D eigenvalue weighted by Gasteiger charge is -2.55. The van der Waals surface area contributed by atoms with Crippen molar-refractivity contribution in [3.63, 3.8) is 0 Å². The Hall–Kier alpha value is -4.85. The van der Waals surface area contributed by atoms with Gasteiger partial charge in [-0.15, -0.1) is 0 Å². The number of alkyl halides is 1. The monoisotopic (exact) mass is 692 g/mol. The molecule has 3 aromatic carbocycles. The molecule has 1 aromatic heterocycles. The van der Waals surface area contributed by atoms with E-state index in [1.54, 1.807) is 84.9 Å². The number of carboxylic acid groups (broad SMARTS) is 1. The number of aromatic nitrogens is 1. The van der Waals surface area contributed by atoms with E-state index in [9.17, 15) is 14.7 Å². The molecule has 3 heterocycles. The molecule has 0 aliphatic carbocycles. The number of sulfonamides is 1. The number of anilines is 2. The van der Waals surface area contributed by atoms with Gasteiger partial charge in [0.05, 0.1) is 20.8 Å². The minimum Gasteiger partial charge on any atom is -0.497 e. The van der Waals surface area contributed by atoms with E-state index in [1.807, 2.05) is 0 Å². The fourth-order valence-corrected chi connectivity index (χ4v) is 9.51. The van der Waals surface area contributed by atoms with Gasteiger partial charge >= 0.3 is 10.0 Å². The highest BCUT2D eigenvalue weighted by Crippen LogP contribution is 2.54. The molecule has 2 aliphatic rings. The maximum atomic E-state index is 15.3. The van der Waals surface area contributed by atoms with Gasteiger partial charge in [0.15, 0.2) is 16.4 Å². The first kappa shape index (κ1) is 33.1. The van der Waals surface area contributed by atoms with E-state index in [2.05, 4.69) is 10.3 Å². The van der Waals surface area contributed by atoms with Crippen molar-refractivity contribution in [2.24, 2.45) is 0 Å². The van der Waals surface area contributed by atoms with Gasteiger partial charge < -0.3 is 34.3 Å². The highest BCUT2D eigenvalue weighted by Gasteiger charge is 2.66. The van der Waals surface area contributed by atoms with Gasteiger partial charge in [0.25, 0.3) is 6.09 Å². The first-order valence-corrected chi connectivity index (χ1v) is 17.0. The minimum atomic E-state index is -5.06. The second-order valence-corrected chi connectivity index (χ2v) is 13.8. The molecule has 0 saturated carbocycles. The number of pyridine rings is 1. The van der Waals surface area contributed by atoms with Crippen molar-refractivity contribution >= 4 is 45.0 Å². The van der Waals surface area contributed by atoms with Crippen LogP contribution in [0.3, 0.4) is 0 Å². The highest BCUT2D eigenvalue weighted by atomic mass is 35.5. The SMILES string of the molecule is CCOc1ccccc1C1C(C2C(=O)Nc3ccccc32)[N+](C(=O)[O-])(S(=O)(=O)c2ccc(OC)cc2OC)CC(Cl)N1c1ccncc1. The van der Waals surface area contributed by atoms with E-state index in [4.69, 9.17) is 25.8 Å². The van der Waals surface area contributed by atoms with Crippen LogP contribution in [0.1, 0.15) is 30.0 Å². The van der Waals surface area contributed by atoms with Crippen molar-refractivity contribution in [1.29, 1.82) is 0 Å². The quantitative estimate of drug-likeness (QED) is 0.153. The zero-order valence-corrected chi connectivity index (χ0v) is 27.9. The van der Waals surface area contributed by atoms with Crippen LogP contribution in [0, 0.1) is 0 Å². The predicted molar refractivity (Wildman–Crippen MR) is 176 cm³/mol. The zero-order valence-electron chi connectivity index (χ0n) is 26.3. The Morgan fingerprint density at radius 3 is 2.35 bits per heavy atom. The van der Waals surface area contributed by atoms with E-state index in [0.29, 0.717) is 28.3 Å². The number of hydrogen-bond donors (Lipinski definition) is 1. The molecule has 0 spiro atoms. The van der Waals surface area contributed by atoms with Gasteiger partial charge in [0.1, 0.15) is 35.8 Å². The van der Waals surface area contributed by atoms with Crippen LogP contribution >= 0.6 is 11.6 Å². The summed E-state index contributed by atoms with van der Waals surface area (Å²) in [5.74, 6) is -1.40. The van der Waals surface area contributed by atoms with Crippen LogP contribution in [0.4, 0.5) is 16.2 Å². The summed E-state index contributed by atoms with van der Waals surface area (Å²) in [5, 5.41) is 16.8. The number of nitrogens with zero attached hydrogens (tertiary/aromatic N) is 3. The average molecular weight is 693 g/mol. The molecule has 6 rings (SSSR count). The maximum absolute atomic E-state index is 15.3. The lowest BCUT2D eigenvalue weighted by molar-refractivity contribution is -0.792. The number of hydrogen-bond acceptors (Lipinski definition) is 10. The summed E-state index contributed by atoms with van der Waals surface area (Å²) in [6, 6.07) is 18.2. The smallest absolute Gasteiger partial charge is 0.337 e. The number of benzene rings is 3. The molecular weight excluding hydrogens is 660 g/mol. The number of carbonyl (C=O) groups excluding carboxylic acids is 2. The number of piperazine rings is 1. The topological polar surface area (TPSA) is 147 Å². The number of quaternary nitrogens is 1. The van der Waals surface area contributed by atoms with E-state index >= 15 is 8.42 Å². The van der Waals surface area contributed by atoms with Crippen LogP contribution in [-0.4, -0.2) is 68.2 Å². The third-order valence-electron chi connectivity index (χ3n) is 8.89. The third kappa shape index (κ3) is 5.18. The molecule has 1 fully saturated rings. The van der Waals surface area contributed by atoms with Gasteiger partial charge in [-0.25, -0.2) is 0 Å². The molecule has 0 bridgehead atoms. The Kier molecular flexibility index (Phi) is 8.94. The van der Waals surface area contributed by atoms with Gasteiger partial charge in [-0.3, -0.25) is 9.78 Å². The van der Waals surface area contributed by atoms with Crippen LogP contribution in [0.5, 0.6) is 17.2 Å². The van der Waals surface area contributed by atoms with Gasteiger partial charge in [-0.05, 0) is 48.9 Å². The molecule has 0 radical (unpaired) electrons. The Morgan fingerprint density at radius 2 is 1.69 bits per heavy atom. The average Bonchev–Trinajstić information content (AvgIpc) is 3.43. The molecule has 1 saturated heterocycles. The number of ether oxygens (including phenoxy) is 3. The van der Waals surface area contributed by atoms with E-state index in [1.165, 1.54) is 32.4 Å². The number of nitrogens with one attached hydrogen (secondary N) is 1. The van der Waals surface area contributed by atoms with Crippen LogP contribution in [-0.2, 0) is 14.8 Å². The second-order valence-electron chi connectivity index (χ2n) is 11.2. The van der Waals surface area contributed by atoms with Crippen molar-refractivity contribution in [1.82, 2.24) is 4.98 Å². The second kappa shape index (κ2) is 13.0. The van der Waals surface area contributed by atoms with Crippen LogP contribution < -0.4 is 29.5 Å². The Morgan fingerprint density at radius 1 is 1.00 bits per heavy atom. The third-order valence-corrected chi connectivity index (χ3v) is 11.5. The lowest BCUT2D eigenvalue weighted by Crippen LogP contribution is -2.76. The summed E-state index contributed by atoms with van der Waals surface area (Å²) in [4.78, 5) is 33.5. The molecule has 1 N–H and O–H groups in total. The Balaban J connectivity index is 1.74. The van der Waals surface area contributed by atoms with Crippen molar-refractivity contribution in [2.75, 3.05) is 37.6 Å². The molecule has 48 heavy (non-hydrogen) atoms. The first-order chi connectivity index (χ1) is 23.1. The molecule has 5 unspecified atom stereocenters. The molecule has 5 atom stereocenters. The summed E-state index contributed by atoms with van der Waals surface area (Å²) in [6.45, 7) is 1.33. The molecule has 14 heteroatoms. The van der Waals surface area contributed by atoms with Crippen LogP contribution in [0.2, 0.25) is 0 Å². The standard InChI is InChI=1S/C34H33ClN4O8S/c1-4-47-26-12-8-6-10-24(26)31-32(30-23-9-5-7-11-25(23)37-33(30)40)39(34(41)42,20-29(35)38(31)21-15-17-36-18-16-21)48(43,44)28-14-13-22(45-2)19-27(28)46-3/h5-19,29-32H,4,20H2,1-3H3,(H-,37,40,41,42). The van der Waals surface area contributed by atoms with Crippen molar-refractivity contribution < 1.29 is 41.2 Å². The van der Waals surface area contributed by atoms with Crippen LogP contribution in [0.15, 0.2) is 96.2 Å². The first-order valence-electron chi connectivity index (χ1n) is 15.1. The summed E-state index contributed by atoms with van der Waals surface area (Å²) in [5.41, 5.74) is 0.538. The number of rotatable bonds is 9. The Bertz CT molecular complexity index is 1960. The number of methoxy groups -OCH3 is 2. The number of carbonyl (C=O) groups is 2. The van der Waals surface area contributed by atoms with E-state index in [-0.39, 0.29) is 18.1 Å².